The van der Waals surface area contributed by atoms with Gasteiger partial charge in [-0.05, 0) is 31.5 Å². The minimum absolute atomic E-state index is 0.604. The number of hydrogen-bond donors (Lipinski definition) is 0. The third kappa shape index (κ3) is 3.03. The van der Waals surface area contributed by atoms with Crippen molar-refractivity contribution in [2.45, 2.75) is 18.8 Å². The van der Waals surface area contributed by atoms with E-state index in [0.29, 0.717) is 5.92 Å². The van der Waals surface area contributed by atoms with E-state index in [1.165, 1.54) is 25.1 Å². The number of ether oxygens (including phenoxy) is 1. The highest BCUT2D eigenvalue weighted by Gasteiger charge is 2.21. The Labute approximate surface area is 97.4 Å². The van der Waals surface area contributed by atoms with Crippen molar-refractivity contribution < 1.29 is 4.74 Å². The van der Waals surface area contributed by atoms with E-state index in [4.69, 9.17) is 4.74 Å². The predicted octanol–water partition coefficient (Wildman–Crippen LogP) is 1.91. The molecular weight excluding hydrogens is 200 g/mol. The number of aromatic nitrogens is 1. The lowest BCUT2D eigenvalue weighted by molar-refractivity contribution is 0.127. The molecule has 0 saturated carbocycles. The van der Waals surface area contributed by atoms with Crippen molar-refractivity contribution in [1.29, 1.82) is 0 Å². The topological polar surface area (TPSA) is 25.4 Å². The van der Waals surface area contributed by atoms with Crippen LogP contribution in [0.15, 0.2) is 24.4 Å². The highest BCUT2D eigenvalue weighted by atomic mass is 16.5. The number of pyridine rings is 1. The standard InChI is InChI=1S/C13H20N2O/c1-16-10-9-15-8-4-5-12(11-15)13-6-2-3-7-14-13/h2-3,6-7,12H,4-5,8-11H2,1H3/t12-/m1/s1. The average Bonchev–Trinajstić information content (AvgIpc) is 2.38. The number of nitrogens with zero attached hydrogens (tertiary/aromatic N) is 2. The molecule has 16 heavy (non-hydrogen) atoms. The van der Waals surface area contributed by atoms with Crippen LogP contribution in [0.1, 0.15) is 24.5 Å². The molecule has 1 aliphatic heterocycles. The third-order valence-corrected chi connectivity index (χ3v) is 3.22. The van der Waals surface area contributed by atoms with Crippen LogP contribution in [0.25, 0.3) is 0 Å². The molecule has 0 N–H and O–H groups in total. The molecule has 0 bridgehead atoms. The molecule has 1 aliphatic rings. The number of piperidine rings is 1. The highest BCUT2D eigenvalue weighted by Crippen LogP contribution is 2.24. The number of likely N-dealkylation sites (tertiary alicyclic amines) is 1. The summed E-state index contributed by atoms with van der Waals surface area (Å²) in [5.74, 6) is 0.604. The van der Waals surface area contributed by atoms with Gasteiger partial charge in [-0.2, -0.15) is 0 Å². The zero-order valence-corrected chi connectivity index (χ0v) is 9.93. The summed E-state index contributed by atoms with van der Waals surface area (Å²) in [5, 5.41) is 0. The van der Waals surface area contributed by atoms with E-state index in [2.05, 4.69) is 22.0 Å². The largest absolute Gasteiger partial charge is 0.383 e. The second-order valence-corrected chi connectivity index (χ2v) is 4.39. The fourth-order valence-corrected chi connectivity index (χ4v) is 2.34. The minimum Gasteiger partial charge on any atom is -0.383 e. The first-order chi connectivity index (χ1) is 7.90. The van der Waals surface area contributed by atoms with Gasteiger partial charge in [0.25, 0.3) is 0 Å². The van der Waals surface area contributed by atoms with Gasteiger partial charge in [0.15, 0.2) is 0 Å². The summed E-state index contributed by atoms with van der Waals surface area (Å²) in [5.41, 5.74) is 1.24. The summed E-state index contributed by atoms with van der Waals surface area (Å²) in [7, 11) is 1.76. The monoisotopic (exact) mass is 220 g/mol. The van der Waals surface area contributed by atoms with E-state index in [9.17, 15) is 0 Å². The maximum atomic E-state index is 5.13. The Bertz CT molecular complexity index is 302. The lowest BCUT2D eigenvalue weighted by atomic mass is 9.94. The van der Waals surface area contributed by atoms with Crippen molar-refractivity contribution in [3.05, 3.63) is 30.1 Å². The molecule has 1 aromatic heterocycles. The Morgan fingerprint density at radius 3 is 3.19 bits per heavy atom. The molecule has 0 unspecified atom stereocenters. The van der Waals surface area contributed by atoms with E-state index in [0.717, 1.165) is 19.7 Å². The molecule has 1 fully saturated rings. The molecule has 0 aromatic carbocycles. The number of rotatable bonds is 4. The molecule has 0 spiro atoms. The zero-order valence-electron chi connectivity index (χ0n) is 9.93. The van der Waals surface area contributed by atoms with E-state index in [1.807, 2.05) is 12.3 Å². The predicted molar refractivity (Wildman–Crippen MR) is 64.5 cm³/mol. The highest BCUT2D eigenvalue weighted by molar-refractivity contribution is 5.10. The van der Waals surface area contributed by atoms with Gasteiger partial charge >= 0.3 is 0 Å². The fraction of sp³-hybridized carbons (Fsp3) is 0.615. The molecule has 1 aromatic rings. The molecule has 3 nitrogen and oxygen atoms in total. The Hall–Kier alpha value is -0.930. The Kier molecular flexibility index (Phi) is 4.31. The van der Waals surface area contributed by atoms with E-state index >= 15 is 0 Å². The van der Waals surface area contributed by atoms with Crippen LogP contribution in [0.4, 0.5) is 0 Å². The zero-order chi connectivity index (χ0) is 11.2. The molecular formula is C13H20N2O. The maximum Gasteiger partial charge on any atom is 0.0589 e. The van der Waals surface area contributed by atoms with Crippen LogP contribution in [0.3, 0.4) is 0 Å². The van der Waals surface area contributed by atoms with Gasteiger partial charge in [-0.3, -0.25) is 4.98 Å². The summed E-state index contributed by atoms with van der Waals surface area (Å²) in [4.78, 5) is 6.94. The molecule has 1 saturated heterocycles. The van der Waals surface area contributed by atoms with Crippen molar-refractivity contribution >= 4 is 0 Å². The summed E-state index contributed by atoms with van der Waals surface area (Å²) in [6.45, 7) is 4.20. The molecule has 0 aliphatic carbocycles. The first-order valence-corrected chi connectivity index (χ1v) is 6.02. The lowest BCUT2D eigenvalue weighted by Gasteiger charge is -2.32. The Balaban J connectivity index is 1.91. The van der Waals surface area contributed by atoms with Crippen LogP contribution in [0, 0.1) is 0 Å². The molecule has 0 radical (unpaired) electrons. The van der Waals surface area contributed by atoms with Crippen LogP contribution >= 0.6 is 0 Å². The second-order valence-electron chi connectivity index (χ2n) is 4.39. The van der Waals surface area contributed by atoms with E-state index in [1.54, 1.807) is 7.11 Å². The second kappa shape index (κ2) is 5.97. The normalized spacial score (nSPS) is 22.2. The summed E-state index contributed by atoms with van der Waals surface area (Å²) in [6, 6.07) is 6.20. The van der Waals surface area contributed by atoms with Gasteiger partial charge in [0, 0.05) is 38.0 Å². The summed E-state index contributed by atoms with van der Waals surface area (Å²) >= 11 is 0. The van der Waals surface area contributed by atoms with Gasteiger partial charge in [-0.15, -0.1) is 0 Å². The van der Waals surface area contributed by atoms with Crippen LogP contribution in [0.5, 0.6) is 0 Å². The van der Waals surface area contributed by atoms with Gasteiger partial charge in [0.2, 0.25) is 0 Å². The van der Waals surface area contributed by atoms with Crippen molar-refractivity contribution in [3.8, 4) is 0 Å². The van der Waals surface area contributed by atoms with Crippen molar-refractivity contribution in [1.82, 2.24) is 9.88 Å². The SMILES string of the molecule is COCCN1CCC[C@@H](c2ccccn2)C1. The first kappa shape index (κ1) is 11.6. The van der Waals surface area contributed by atoms with Crippen LogP contribution < -0.4 is 0 Å². The Morgan fingerprint density at radius 2 is 2.44 bits per heavy atom. The minimum atomic E-state index is 0.604. The molecule has 3 heteroatoms. The molecule has 2 rings (SSSR count). The van der Waals surface area contributed by atoms with Crippen LogP contribution in [-0.2, 0) is 4.74 Å². The number of hydrogen-bond acceptors (Lipinski definition) is 3. The first-order valence-electron chi connectivity index (χ1n) is 6.02. The van der Waals surface area contributed by atoms with Gasteiger partial charge in [0.1, 0.15) is 0 Å². The van der Waals surface area contributed by atoms with E-state index < -0.39 is 0 Å². The van der Waals surface area contributed by atoms with E-state index in [-0.39, 0.29) is 0 Å². The maximum absolute atomic E-state index is 5.13. The van der Waals surface area contributed by atoms with Crippen molar-refractivity contribution in [2.75, 3.05) is 33.4 Å². The van der Waals surface area contributed by atoms with Gasteiger partial charge in [0.05, 0.1) is 6.61 Å². The summed E-state index contributed by atoms with van der Waals surface area (Å²) in [6.07, 6.45) is 4.43. The quantitative estimate of drug-likeness (QED) is 0.775. The van der Waals surface area contributed by atoms with Gasteiger partial charge in [-0.25, -0.2) is 0 Å². The molecule has 88 valence electrons. The smallest absolute Gasteiger partial charge is 0.0589 e. The van der Waals surface area contributed by atoms with Gasteiger partial charge in [-0.1, -0.05) is 6.07 Å². The fourth-order valence-electron chi connectivity index (χ4n) is 2.34. The third-order valence-electron chi connectivity index (χ3n) is 3.22. The molecule has 2 heterocycles. The van der Waals surface area contributed by atoms with Crippen LogP contribution in [0.2, 0.25) is 0 Å². The average molecular weight is 220 g/mol. The van der Waals surface area contributed by atoms with Crippen molar-refractivity contribution in [3.63, 3.8) is 0 Å². The molecule has 0 amide bonds. The lowest BCUT2D eigenvalue weighted by Crippen LogP contribution is -2.36. The van der Waals surface area contributed by atoms with Crippen LogP contribution in [-0.4, -0.2) is 43.2 Å². The summed E-state index contributed by atoms with van der Waals surface area (Å²) < 4.78 is 5.13. The van der Waals surface area contributed by atoms with Gasteiger partial charge < -0.3 is 9.64 Å². The van der Waals surface area contributed by atoms with Crippen molar-refractivity contribution in [2.24, 2.45) is 0 Å². The number of methoxy groups -OCH3 is 1. The molecule has 1 atom stereocenters. The Morgan fingerprint density at radius 1 is 1.50 bits per heavy atom.